The van der Waals surface area contributed by atoms with Gasteiger partial charge in [0.15, 0.2) is 0 Å². The lowest BCUT2D eigenvalue weighted by Crippen LogP contribution is -2.34. The molecular weight excluding hydrogens is 319 g/mol. The minimum absolute atomic E-state index is 0.281. The van der Waals surface area contributed by atoms with Crippen molar-refractivity contribution < 1.29 is 4.79 Å². The Bertz CT molecular complexity index is 724. The van der Waals surface area contributed by atoms with Gasteiger partial charge in [0.2, 0.25) is 5.91 Å². The molecule has 1 amide bonds. The van der Waals surface area contributed by atoms with Gasteiger partial charge in [0.1, 0.15) is 5.15 Å². The zero-order valence-corrected chi connectivity index (χ0v) is 13.8. The second kappa shape index (κ2) is 6.05. The van der Waals surface area contributed by atoms with Gasteiger partial charge in [-0.1, -0.05) is 42.5 Å². The first-order valence-electron chi connectivity index (χ1n) is 7.55. The molecule has 1 aliphatic rings. The fourth-order valence-electron chi connectivity index (χ4n) is 3.77. The molecule has 0 unspecified atom stereocenters. The summed E-state index contributed by atoms with van der Waals surface area (Å²) >= 11 is 12.5. The van der Waals surface area contributed by atoms with Gasteiger partial charge >= 0.3 is 0 Å². The van der Waals surface area contributed by atoms with Crippen molar-refractivity contribution in [3.8, 4) is 0 Å². The van der Waals surface area contributed by atoms with Crippen molar-refractivity contribution in [2.75, 3.05) is 0 Å². The normalized spacial score (nSPS) is 17.5. The number of aromatic nitrogens is 1. The standard InChI is InChI=1S/C17H18Cl2N2O/c18-12-5-6-13-11(4-7-14(19)21-13)16(12)17(10-15(20)22)8-2-1-3-9-17/h4-7H,1-3,8-10H2,(H2,20,22). The highest BCUT2D eigenvalue weighted by molar-refractivity contribution is 6.33. The Balaban J connectivity index is 2.24. The molecule has 0 aliphatic heterocycles. The Hall–Kier alpha value is -1.32. The molecule has 0 atom stereocenters. The largest absolute Gasteiger partial charge is 0.370 e. The fraction of sp³-hybridized carbons (Fsp3) is 0.412. The number of carbonyl (C=O) groups excluding carboxylic acids is 1. The minimum Gasteiger partial charge on any atom is -0.370 e. The van der Waals surface area contributed by atoms with Crippen molar-refractivity contribution in [3.63, 3.8) is 0 Å². The van der Waals surface area contributed by atoms with Crippen LogP contribution >= 0.6 is 23.2 Å². The third kappa shape index (κ3) is 2.80. The summed E-state index contributed by atoms with van der Waals surface area (Å²) in [7, 11) is 0. The van der Waals surface area contributed by atoms with E-state index in [0.29, 0.717) is 16.6 Å². The van der Waals surface area contributed by atoms with Crippen LogP contribution in [0.4, 0.5) is 0 Å². The van der Waals surface area contributed by atoms with Crippen molar-refractivity contribution in [1.82, 2.24) is 4.98 Å². The van der Waals surface area contributed by atoms with Crippen molar-refractivity contribution in [2.45, 2.75) is 43.9 Å². The van der Waals surface area contributed by atoms with Gasteiger partial charge in [-0.05, 0) is 42.7 Å². The van der Waals surface area contributed by atoms with E-state index >= 15 is 0 Å². The molecule has 2 aromatic rings. The number of carbonyl (C=O) groups is 1. The van der Waals surface area contributed by atoms with E-state index in [1.807, 2.05) is 18.2 Å². The number of benzene rings is 1. The fourth-order valence-corrected chi connectivity index (χ4v) is 4.29. The van der Waals surface area contributed by atoms with E-state index in [1.165, 1.54) is 6.42 Å². The number of nitrogens with two attached hydrogens (primary N) is 1. The van der Waals surface area contributed by atoms with Crippen LogP contribution in [-0.4, -0.2) is 10.9 Å². The molecule has 1 fully saturated rings. The van der Waals surface area contributed by atoms with Gasteiger partial charge in [0.25, 0.3) is 0 Å². The SMILES string of the molecule is NC(=O)CC1(c2c(Cl)ccc3nc(Cl)ccc23)CCCCC1. The highest BCUT2D eigenvalue weighted by Crippen LogP contribution is 2.47. The Labute approximate surface area is 139 Å². The van der Waals surface area contributed by atoms with Crippen LogP contribution in [0.5, 0.6) is 0 Å². The quantitative estimate of drug-likeness (QED) is 0.831. The van der Waals surface area contributed by atoms with Crippen LogP contribution in [-0.2, 0) is 10.2 Å². The van der Waals surface area contributed by atoms with Crippen LogP contribution in [0.15, 0.2) is 24.3 Å². The summed E-state index contributed by atoms with van der Waals surface area (Å²) in [4.78, 5) is 16.1. The van der Waals surface area contributed by atoms with E-state index in [-0.39, 0.29) is 11.3 Å². The molecule has 22 heavy (non-hydrogen) atoms. The average Bonchev–Trinajstić information content (AvgIpc) is 2.47. The second-order valence-electron chi connectivity index (χ2n) is 6.11. The highest BCUT2D eigenvalue weighted by atomic mass is 35.5. The van der Waals surface area contributed by atoms with Gasteiger partial charge in [0, 0.05) is 22.2 Å². The first-order valence-corrected chi connectivity index (χ1v) is 8.31. The predicted octanol–water partition coefficient (Wildman–Crippen LogP) is 4.62. The summed E-state index contributed by atoms with van der Waals surface area (Å²) in [6.07, 6.45) is 5.54. The van der Waals surface area contributed by atoms with Crippen LogP contribution in [0, 0.1) is 0 Å². The average molecular weight is 337 g/mol. The topological polar surface area (TPSA) is 56.0 Å². The minimum atomic E-state index is -0.282. The van der Waals surface area contributed by atoms with E-state index in [4.69, 9.17) is 28.9 Å². The van der Waals surface area contributed by atoms with E-state index < -0.39 is 0 Å². The Kier molecular flexibility index (Phi) is 4.28. The number of nitrogens with zero attached hydrogens (tertiary/aromatic N) is 1. The lowest BCUT2D eigenvalue weighted by atomic mass is 9.66. The molecule has 0 saturated heterocycles. The summed E-state index contributed by atoms with van der Waals surface area (Å²) in [6.45, 7) is 0. The molecule has 1 heterocycles. The summed E-state index contributed by atoms with van der Waals surface area (Å²) in [5.74, 6) is -0.281. The molecule has 116 valence electrons. The summed E-state index contributed by atoms with van der Waals surface area (Å²) in [5.41, 5.74) is 7.08. The second-order valence-corrected chi connectivity index (χ2v) is 6.90. The number of amides is 1. The smallest absolute Gasteiger partial charge is 0.218 e. The van der Waals surface area contributed by atoms with Gasteiger partial charge in [-0.15, -0.1) is 0 Å². The van der Waals surface area contributed by atoms with Crippen LogP contribution in [0.1, 0.15) is 44.1 Å². The van der Waals surface area contributed by atoms with Crippen molar-refractivity contribution in [1.29, 1.82) is 0 Å². The highest BCUT2D eigenvalue weighted by Gasteiger charge is 2.38. The van der Waals surface area contributed by atoms with Gasteiger partial charge in [0.05, 0.1) is 5.52 Å². The van der Waals surface area contributed by atoms with Gasteiger partial charge < -0.3 is 5.73 Å². The molecule has 0 bridgehead atoms. The molecule has 0 radical (unpaired) electrons. The third-order valence-electron chi connectivity index (χ3n) is 4.64. The number of primary amides is 1. The number of fused-ring (bicyclic) bond motifs is 1. The number of hydrogen-bond acceptors (Lipinski definition) is 2. The van der Waals surface area contributed by atoms with Crippen molar-refractivity contribution >= 4 is 40.0 Å². The zero-order valence-electron chi connectivity index (χ0n) is 12.2. The number of halogens is 2. The molecule has 1 aliphatic carbocycles. The molecule has 1 aromatic carbocycles. The molecular formula is C17H18Cl2N2O. The van der Waals surface area contributed by atoms with Gasteiger partial charge in [-0.25, -0.2) is 4.98 Å². The van der Waals surface area contributed by atoms with E-state index in [0.717, 1.165) is 42.1 Å². The first-order chi connectivity index (χ1) is 10.5. The van der Waals surface area contributed by atoms with Gasteiger partial charge in [-0.3, -0.25) is 4.79 Å². The van der Waals surface area contributed by atoms with Crippen LogP contribution in [0.25, 0.3) is 10.9 Å². The molecule has 2 N–H and O–H groups in total. The zero-order chi connectivity index (χ0) is 15.7. The van der Waals surface area contributed by atoms with E-state index in [2.05, 4.69) is 4.98 Å². The van der Waals surface area contributed by atoms with Gasteiger partial charge in [-0.2, -0.15) is 0 Å². The Morgan fingerprint density at radius 1 is 1.14 bits per heavy atom. The molecule has 3 nitrogen and oxygen atoms in total. The monoisotopic (exact) mass is 336 g/mol. The van der Waals surface area contributed by atoms with Crippen LogP contribution in [0.3, 0.4) is 0 Å². The molecule has 1 aromatic heterocycles. The Morgan fingerprint density at radius 3 is 2.55 bits per heavy atom. The van der Waals surface area contributed by atoms with E-state index in [9.17, 15) is 4.79 Å². The molecule has 1 saturated carbocycles. The maximum absolute atomic E-state index is 11.7. The summed E-state index contributed by atoms with van der Waals surface area (Å²) in [6, 6.07) is 7.43. The number of hydrogen-bond donors (Lipinski definition) is 1. The number of pyridine rings is 1. The molecule has 5 heteroatoms. The Morgan fingerprint density at radius 2 is 1.86 bits per heavy atom. The maximum Gasteiger partial charge on any atom is 0.218 e. The molecule has 3 rings (SSSR count). The summed E-state index contributed by atoms with van der Waals surface area (Å²) in [5, 5.41) is 2.10. The van der Waals surface area contributed by atoms with E-state index in [1.54, 1.807) is 6.07 Å². The lowest BCUT2D eigenvalue weighted by molar-refractivity contribution is -0.119. The third-order valence-corrected chi connectivity index (χ3v) is 5.17. The summed E-state index contributed by atoms with van der Waals surface area (Å²) < 4.78 is 0. The molecule has 0 spiro atoms. The van der Waals surface area contributed by atoms with Crippen LogP contribution < -0.4 is 5.73 Å². The number of rotatable bonds is 3. The van der Waals surface area contributed by atoms with Crippen molar-refractivity contribution in [2.24, 2.45) is 5.73 Å². The van der Waals surface area contributed by atoms with Crippen molar-refractivity contribution in [3.05, 3.63) is 40.0 Å². The predicted molar refractivity (Wildman–Crippen MR) is 90.3 cm³/mol. The lowest BCUT2D eigenvalue weighted by Gasteiger charge is -2.38. The first kappa shape index (κ1) is 15.6. The maximum atomic E-state index is 11.7. The van der Waals surface area contributed by atoms with Crippen LogP contribution in [0.2, 0.25) is 10.2 Å².